The summed E-state index contributed by atoms with van der Waals surface area (Å²) in [5, 5.41) is 3.43. The first-order chi connectivity index (χ1) is 8.56. The molecule has 1 amide bonds. The van der Waals surface area contributed by atoms with E-state index in [-0.39, 0.29) is 23.7 Å². The van der Waals surface area contributed by atoms with Gasteiger partial charge in [0.25, 0.3) is 0 Å². The van der Waals surface area contributed by atoms with Crippen LogP contribution in [0.2, 0.25) is 0 Å². The predicted octanol–water partition coefficient (Wildman–Crippen LogP) is 2.74. The summed E-state index contributed by atoms with van der Waals surface area (Å²) in [6.45, 7) is 3.81. The second kappa shape index (κ2) is 5.52. The Bertz CT molecular complexity index is 472. The molecule has 1 aromatic carbocycles. The molecule has 0 aromatic heterocycles. The highest BCUT2D eigenvalue weighted by Crippen LogP contribution is 2.21. The van der Waals surface area contributed by atoms with Crippen LogP contribution in [0.3, 0.4) is 0 Å². The fraction of sp³-hybridized carbons (Fsp3) is 0.385. The van der Waals surface area contributed by atoms with Crippen LogP contribution in [0.4, 0.5) is 4.39 Å². The molecule has 1 fully saturated rings. The van der Waals surface area contributed by atoms with Crippen LogP contribution in [0.5, 0.6) is 0 Å². The molecular formula is C13H15FN2OS. The number of aliphatic imine (C=N–C) groups is 1. The van der Waals surface area contributed by atoms with Gasteiger partial charge in [-0.05, 0) is 24.6 Å². The smallest absolute Gasteiger partial charge is 0.229 e. The standard InChI is InChI=1S/C13H15FN2OS/c1-8-7-18-13(16-12(8)17)15-9(2)10-3-5-11(14)6-4-10/h3-6,8-9H,7H2,1-2H3,(H,15,16,17)/t8?,9-/m0/s1. The summed E-state index contributed by atoms with van der Waals surface area (Å²) in [6, 6.07) is 6.16. The van der Waals surface area contributed by atoms with E-state index in [1.165, 1.54) is 12.1 Å². The van der Waals surface area contributed by atoms with Gasteiger partial charge in [0.2, 0.25) is 5.91 Å². The monoisotopic (exact) mass is 266 g/mol. The zero-order valence-corrected chi connectivity index (χ0v) is 11.1. The maximum atomic E-state index is 12.8. The Morgan fingerprint density at radius 1 is 1.44 bits per heavy atom. The number of thioether (sulfide) groups is 1. The number of amides is 1. The minimum atomic E-state index is -0.257. The number of nitrogens with zero attached hydrogens (tertiary/aromatic N) is 1. The number of rotatable bonds is 2. The number of carbonyl (C=O) groups is 1. The maximum absolute atomic E-state index is 12.8. The van der Waals surface area contributed by atoms with Crippen LogP contribution >= 0.6 is 11.8 Å². The van der Waals surface area contributed by atoms with Crippen molar-refractivity contribution in [2.24, 2.45) is 10.9 Å². The average Bonchev–Trinajstić information content (AvgIpc) is 2.34. The number of benzene rings is 1. The number of hydrogen-bond acceptors (Lipinski definition) is 3. The molecule has 2 rings (SSSR count). The Morgan fingerprint density at radius 3 is 2.72 bits per heavy atom. The molecule has 1 aliphatic rings. The van der Waals surface area contributed by atoms with Crippen molar-refractivity contribution in [3.05, 3.63) is 35.6 Å². The third-order valence-electron chi connectivity index (χ3n) is 2.81. The molecule has 5 heteroatoms. The van der Waals surface area contributed by atoms with E-state index in [0.717, 1.165) is 11.3 Å². The molecule has 96 valence electrons. The van der Waals surface area contributed by atoms with E-state index in [2.05, 4.69) is 10.3 Å². The largest absolute Gasteiger partial charge is 0.305 e. The van der Waals surface area contributed by atoms with Gasteiger partial charge in [0, 0.05) is 11.7 Å². The van der Waals surface area contributed by atoms with Crippen molar-refractivity contribution in [3.63, 3.8) is 0 Å². The normalized spacial score (nSPS) is 23.8. The summed E-state index contributed by atoms with van der Waals surface area (Å²) in [5.41, 5.74) is 0.928. The van der Waals surface area contributed by atoms with Crippen molar-refractivity contribution in [1.29, 1.82) is 0 Å². The molecule has 3 nitrogen and oxygen atoms in total. The molecule has 2 atom stereocenters. The lowest BCUT2D eigenvalue weighted by molar-refractivity contribution is -0.122. The Hall–Kier alpha value is -1.36. The Kier molecular flexibility index (Phi) is 4.01. The van der Waals surface area contributed by atoms with Gasteiger partial charge in [-0.3, -0.25) is 9.79 Å². The Morgan fingerprint density at radius 2 is 2.11 bits per heavy atom. The molecule has 1 saturated heterocycles. The Labute approximate surface area is 110 Å². The quantitative estimate of drug-likeness (QED) is 0.894. The highest BCUT2D eigenvalue weighted by atomic mass is 32.2. The summed E-state index contributed by atoms with van der Waals surface area (Å²) >= 11 is 1.55. The number of nitrogens with one attached hydrogen (secondary N) is 1. The van der Waals surface area contributed by atoms with Gasteiger partial charge in [-0.25, -0.2) is 4.39 Å². The molecule has 1 aliphatic heterocycles. The van der Waals surface area contributed by atoms with Crippen LogP contribution in [0.15, 0.2) is 29.3 Å². The van der Waals surface area contributed by atoms with Crippen molar-refractivity contribution in [2.75, 3.05) is 5.75 Å². The maximum Gasteiger partial charge on any atom is 0.229 e. The van der Waals surface area contributed by atoms with Gasteiger partial charge in [0.15, 0.2) is 5.17 Å². The molecule has 0 spiro atoms. The third kappa shape index (κ3) is 3.10. The van der Waals surface area contributed by atoms with Gasteiger partial charge >= 0.3 is 0 Å². The topological polar surface area (TPSA) is 41.5 Å². The predicted molar refractivity (Wildman–Crippen MR) is 72.0 cm³/mol. The first kappa shape index (κ1) is 13.1. The Balaban J connectivity index is 2.08. The molecule has 1 unspecified atom stereocenters. The highest BCUT2D eigenvalue weighted by Gasteiger charge is 2.22. The van der Waals surface area contributed by atoms with Crippen LogP contribution in [-0.4, -0.2) is 16.8 Å². The zero-order valence-electron chi connectivity index (χ0n) is 10.3. The first-order valence-corrected chi connectivity index (χ1v) is 6.81. The van der Waals surface area contributed by atoms with Crippen molar-refractivity contribution >= 4 is 22.8 Å². The molecular weight excluding hydrogens is 251 g/mol. The van der Waals surface area contributed by atoms with Crippen LogP contribution in [0.25, 0.3) is 0 Å². The lowest BCUT2D eigenvalue weighted by atomic mass is 10.1. The average molecular weight is 266 g/mol. The van der Waals surface area contributed by atoms with Crippen LogP contribution < -0.4 is 5.32 Å². The fourth-order valence-corrected chi connectivity index (χ4v) is 2.57. The SMILES string of the molecule is CC1CSC(=N[C@@H](C)c2ccc(F)cc2)NC1=O. The second-order valence-corrected chi connectivity index (χ2v) is 5.37. The minimum Gasteiger partial charge on any atom is -0.305 e. The second-order valence-electron chi connectivity index (χ2n) is 4.36. The highest BCUT2D eigenvalue weighted by molar-refractivity contribution is 8.14. The molecule has 0 aliphatic carbocycles. The van der Waals surface area contributed by atoms with Crippen LogP contribution in [-0.2, 0) is 4.79 Å². The number of halogens is 1. The summed E-state index contributed by atoms with van der Waals surface area (Å²) in [4.78, 5) is 16.0. The van der Waals surface area contributed by atoms with Gasteiger partial charge in [-0.2, -0.15) is 0 Å². The number of hydrogen-bond donors (Lipinski definition) is 1. The van der Waals surface area contributed by atoms with Crippen molar-refractivity contribution in [2.45, 2.75) is 19.9 Å². The summed E-state index contributed by atoms with van der Waals surface area (Å²) in [7, 11) is 0. The van der Waals surface area contributed by atoms with Crippen LogP contribution in [0, 0.1) is 11.7 Å². The van der Waals surface area contributed by atoms with Crippen molar-refractivity contribution in [1.82, 2.24) is 5.32 Å². The molecule has 1 N–H and O–H groups in total. The third-order valence-corrected chi connectivity index (χ3v) is 3.96. The lowest BCUT2D eigenvalue weighted by Gasteiger charge is -2.20. The molecule has 1 heterocycles. The molecule has 18 heavy (non-hydrogen) atoms. The van der Waals surface area contributed by atoms with E-state index >= 15 is 0 Å². The minimum absolute atomic E-state index is 0.0128. The summed E-state index contributed by atoms with van der Waals surface area (Å²) < 4.78 is 12.8. The molecule has 0 radical (unpaired) electrons. The van der Waals surface area contributed by atoms with E-state index in [1.54, 1.807) is 23.9 Å². The van der Waals surface area contributed by atoms with E-state index in [0.29, 0.717) is 5.17 Å². The molecule has 1 aromatic rings. The fourth-order valence-electron chi connectivity index (χ4n) is 1.61. The zero-order chi connectivity index (χ0) is 13.1. The lowest BCUT2D eigenvalue weighted by Crippen LogP contribution is -2.39. The van der Waals surface area contributed by atoms with Gasteiger partial charge in [0.1, 0.15) is 5.82 Å². The number of carbonyl (C=O) groups excluding carboxylic acids is 1. The molecule has 0 bridgehead atoms. The van der Waals surface area contributed by atoms with E-state index in [1.807, 2.05) is 13.8 Å². The van der Waals surface area contributed by atoms with Crippen molar-refractivity contribution in [3.8, 4) is 0 Å². The van der Waals surface area contributed by atoms with Gasteiger partial charge in [-0.1, -0.05) is 30.8 Å². The first-order valence-electron chi connectivity index (χ1n) is 5.83. The van der Waals surface area contributed by atoms with E-state index in [9.17, 15) is 9.18 Å². The van der Waals surface area contributed by atoms with Gasteiger partial charge in [0.05, 0.1) is 6.04 Å². The van der Waals surface area contributed by atoms with Gasteiger partial charge in [-0.15, -0.1) is 0 Å². The van der Waals surface area contributed by atoms with Crippen molar-refractivity contribution < 1.29 is 9.18 Å². The van der Waals surface area contributed by atoms with E-state index in [4.69, 9.17) is 0 Å². The summed E-state index contributed by atoms with van der Waals surface area (Å²) in [5.74, 6) is 0.530. The van der Waals surface area contributed by atoms with Gasteiger partial charge < -0.3 is 5.32 Å². The van der Waals surface area contributed by atoms with Crippen LogP contribution in [0.1, 0.15) is 25.5 Å². The van der Waals surface area contributed by atoms with E-state index < -0.39 is 0 Å². The number of amidine groups is 1. The molecule has 0 saturated carbocycles. The summed E-state index contributed by atoms with van der Waals surface area (Å²) in [6.07, 6.45) is 0.